The second kappa shape index (κ2) is 7.59. The van der Waals surface area contributed by atoms with Gasteiger partial charge in [0.15, 0.2) is 0 Å². The average Bonchev–Trinajstić information content (AvgIpc) is 2.82. The molecule has 0 aromatic heterocycles. The lowest BCUT2D eigenvalue weighted by Crippen LogP contribution is -2.41. The highest BCUT2D eigenvalue weighted by Gasteiger charge is 2.43. The molecule has 1 rings (SSSR count). The van der Waals surface area contributed by atoms with Crippen LogP contribution in [0.4, 0.5) is 0 Å². The molecule has 6 nitrogen and oxygen atoms in total. The number of carbonyl (C=O) groups is 2. The van der Waals surface area contributed by atoms with E-state index in [2.05, 4.69) is 0 Å². The Morgan fingerprint density at radius 3 is 2.45 bits per heavy atom. The van der Waals surface area contributed by atoms with E-state index in [1.807, 2.05) is 6.92 Å². The van der Waals surface area contributed by atoms with Crippen LogP contribution in [0, 0.1) is 17.8 Å². The molecule has 116 valence electrons. The molecule has 1 aliphatic carbocycles. The maximum atomic E-state index is 12.4. The summed E-state index contributed by atoms with van der Waals surface area (Å²) in [4.78, 5) is 25.1. The molecule has 0 aromatic carbocycles. The fourth-order valence-corrected chi connectivity index (χ4v) is 2.96. The van der Waals surface area contributed by atoms with Gasteiger partial charge in [0.25, 0.3) is 0 Å². The molecule has 1 aliphatic rings. The Balaban J connectivity index is 2.66. The van der Waals surface area contributed by atoms with Crippen LogP contribution < -0.4 is 0 Å². The zero-order chi connectivity index (χ0) is 15.3. The minimum Gasteiger partial charge on any atom is -0.481 e. The number of carbonyl (C=O) groups excluding carboxylic acids is 1. The highest BCUT2D eigenvalue weighted by atomic mass is 16.5. The van der Waals surface area contributed by atoms with Crippen LogP contribution in [-0.2, 0) is 14.3 Å². The minimum atomic E-state index is -0.898. The van der Waals surface area contributed by atoms with Gasteiger partial charge in [-0.15, -0.1) is 0 Å². The topological polar surface area (TPSA) is 87.1 Å². The van der Waals surface area contributed by atoms with Gasteiger partial charge in [0.05, 0.1) is 24.5 Å². The van der Waals surface area contributed by atoms with Gasteiger partial charge in [-0.05, 0) is 18.8 Å². The third-order valence-corrected chi connectivity index (χ3v) is 4.09. The van der Waals surface area contributed by atoms with E-state index >= 15 is 0 Å². The molecule has 0 bridgehead atoms. The number of likely N-dealkylation sites (N-methyl/N-ethyl adjacent to an activating group) is 1. The van der Waals surface area contributed by atoms with Crippen LogP contribution in [0.5, 0.6) is 0 Å². The van der Waals surface area contributed by atoms with E-state index in [4.69, 9.17) is 4.74 Å². The lowest BCUT2D eigenvalue weighted by atomic mass is 9.95. The molecular weight excluding hydrogens is 262 g/mol. The molecule has 0 spiro atoms. The molecule has 6 heteroatoms. The summed E-state index contributed by atoms with van der Waals surface area (Å²) in [6, 6.07) is 0. The number of ether oxygens (including phenoxy) is 1. The van der Waals surface area contributed by atoms with Crippen molar-refractivity contribution < 1.29 is 24.5 Å². The monoisotopic (exact) mass is 287 g/mol. The highest BCUT2D eigenvalue weighted by Crippen LogP contribution is 2.39. The van der Waals surface area contributed by atoms with Crippen molar-refractivity contribution in [2.75, 3.05) is 27.3 Å². The van der Waals surface area contributed by atoms with Crippen LogP contribution in [0.2, 0.25) is 0 Å². The number of hydrogen-bond acceptors (Lipinski definition) is 4. The molecule has 1 saturated carbocycles. The fraction of sp³-hybridized carbons (Fsp3) is 0.857. The van der Waals surface area contributed by atoms with Crippen molar-refractivity contribution in [3.05, 3.63) is 0 Å². The molecule has 2 N–H and O–H groups in total. The molecule has 2 unspecified atom stereocenters. The second-order valence-corrected chi connectivity index (χ2v) is 5.62. The summed E-state index contributed by atoms with van der Waals surface area (Å²) in [6.07, 6.45) is 1.33. The number of methoxy groups -OCH3 is 1. The quantitative estimate of drug-likeness (QED) is 0.715. The van der Waals surface area contributed by atoms with Crippen molar-refractivity contribution in [3.8, 4) is 0 Å². The van der Waals surface area contributed by atoms with E-state index in [9.17, 15) is 19.8 Å². The van der Waals surface area contributed by atoms with E-state index in [0.29, 0.717) is 18.8 Å². The van der Waals surface area contributed by atoms with Crippen LogP contribution in [0.1, 0.15) is 26.2 Å². The molecule has 1 fully saturated rings. The van der Waals surface area contributed by atoms with E-state index in [0.717, 1.165) is 6.42 Å². The third kappa shape index (κ3) is 4.18. The Hall–Kier alpha value is -1.14. The van der Waals surface area contributed by atoms with Crippen LogP contribution >= 0.6 is 0 Å². The van der Waals surface area contributed by atoms with Crippen molar-refractivity contribution in [2.45, 2.75) is 32.3 Å². The number of nitrogens with zero attached hydrogens (tertiary/aromatic N) is 1. The first kappa shape index (κ1) is 16.9. The first-order valence-corrected chi connectivity index (χ1v) is 7.05. The van der Waals surface area contributed by atoms with Crippen LogP contribution in [0.3, 0.4) is 0 Å². The standard InChI is InChI=1S/C14H25NO5/c1-4-9-5-11(12(6-9)14(18)19)13(17)15(2)7-10(16)8-20-3/h9-12,16H,4-8H2,1-3H3,(H,18,19)/t9?,10?,11-,12+/m0/s1. The Morgan fingerprint density at radius 1 is 1.35 bits per heavy atom. The number of hydrogen-bond donors (Lipinski definition) is 2. The molecule has 0 heterocycles. The van der Waals surface area contributed by atoms with Gasteiger partial charge < -0.3 is 19.8 Å². The average molecular weight is 287 g/mol. The smallest absolute Gasteiger partial charge is 0.307 e. The van der Waals surface area contributed by atoms with E-state index in [1.165, 1.54) is 12.0 Å². The lowest BCUT2D eigenvalue weighted by Gasteiger charge is -2.25. The van der Waals surface area contributed by atoms with Gasteiger partial charge in [-0.3, -0.25) is 9.59 Å². The number of aliphatic hydroxyl groups is 1. The number of carboxylic acids is 1. The molecule has 1 amide bonds. The summed E-state index contributed by atoms with van der Waals surface area (Å²) in [5.74, 6) is -1.87. The van der Waals surface area contributed by atoms with Gasteiger partial charge in [-0.25, -0.2) is 0 Å². The van der Waals surface area contributed by atoms with E-state index < -0.39 is 23.9 Å². The Kier molecular flexibility index (Phi) is 6.42. The number of amides is 1. The lowest BCUT2D eigenvalue weighted by molar-refractivity contribution is -0.149. The predicted molar refractivity (Wildman–Crippen MR) is 73.2 cm³/mol. The van der Waals surface area contributed by atoms with Crippen molar-refractivity contribution in [1.82, 2.24) is 4.90 Å². The summed E-state index contributed by atoms with van der Waals surface area (Å²) in [5.41, 5.74) is 0. The molecular formula is C14H25NO5. The molecule has 20 heavy (non-hydrogen) atoms. The van der Waals surface area contributed by atoms with Crippen molar-refractivity contribution in [3.63, 3.8) is 0 Å². The SMILES string of the molecule is CCC1C[C@H](C(=O)N(C)CC(O)COC)[C@H](C(=O)O)C1. The Bertz CT molecular complexity index is 346. The molecule has 0 aromatic rings. The first-order valence-electron chi connectivity index (χ1n) is 7.05. The number of aliphatic hydroxyl groups excluding tert-OH is 1. The summed E-state index contributed by atoms with van der Waals surface area (Å²) in [7, 11) is 3.08. The van der Waals surface area contributed by atoms with Crippen LogP contribution in [0.25, 0.3) is 0 Å². The number of rotatable bonds is 7. The van der Waals surface area contributed by atoms with Gasteiger partial charge in [-0.2, -0.15) is 0 Å². The summed E-state index contributed by atoms with van der Waals surface area (Å²) in [6.45, 7) is 2.33. The zero-order valence-electron chi connectivity index (χ0n) is 12.4. The Labute approximate surface area is 119 Å². The third-order valence-electron chi connectivity index (χ3n) is 4.09. The molecule has 0 radical (unpaired) electrons. The minimum absolute atomic E-state index is 0.155. The highest BCUT2D eigenvalue weighted by molar-refractivity contribution is 5.85. The van der Waals surface area contributed by atoms with Gasteiger partial charge in [0, 0.05) is 20.7 Å². The maximum absolute atomic E-state index is 12.4. The van der Waals surface area contributed by atoms with Crippen LogP contribution in [0.15, 0.2) is 0 Å². The van der Waals surface area contributed by atoms with Gasteiger partial charge >= 0.3 is 5.97 Å². The van der Waals surface area contributed by atoms with E-state index in [1.54, 1.807) is 7.05 Å². The van der Waals surface area contributed by atoms with Crippen molar-refractivity contribution in [1.29, 1.82) is 0 Å². The number of carboxylic acid groups (broad SMARTS) is 1. The van der Waals surface area contributed by atoms with Gasteiger partial charge in [0.2, 0.25) is 5.91 Å². The summed E-state index contributed by atoms with van der Waals surface area (Å²) in [5, 5.41) is 18.9. The van der Waals surface area contributed by atoms with Crippen LogP contribution in [-0.4, -0.2) is 60.4 Å². The zero-order valence-corrected chi connectivity index (χ0v) is 12.4. The number of aliphatic carboxylic acids is 1. The summed E-state index contributed by atoms with van der Waals surface area (Å²) >= 11 is 0. The first-order chi connectivity index (χ1) is 9.40. The normalized spacial score (nSPS) is 27.3. The van der Waals surface area contributed by atoms with Crippen molar-refractivity contribution >= 4 is 11.9 Å². The van der Waals surface area contributed by atoms with Gasteiger partial charge in [0.1, 0.15) is 0 Å². The Morgan fingerprint density at radius 2 is 1.95 bits per heavy atom. The maximum Gasteiger partial charge on any atom is 0.307 e. The predicted octanol–water partition coefficient (Wildman–Crippen LogP) is 0.589. The second-order valence-electron chi connectivity index (χ2n) is 5.62. The largest absolute Gasteiger partial charge is 0.481 e. The molecule has 0 saturated heterocycles. The van der Waals surface area contributed by atoms with Crippen molar-refractivity contribution in [2.24, 2.45) is 17.8 Å². The van der Waals surface area contributed by atoms with E-state index in [-0.39, 0.29) is 19.1 Å². The molecule has 0 aliphatic heterocycles. The fourth-order valence-electron chi connectivity index (χ4n) is 2.96. The molecule has 4 atom stereocenters. The van der Waals surface area contributed by atoms with Gasteiger partial charge in [-0.1, -0.05) is 13.3 Å². The summed E-state index contributed by atoms with van der Waals surface area (Å²) < 4.78 is 4.82.